The van der Waals surface area contributed by atoms with E-state index in [-0.39, 0.29) is 11.6 Å². The van der Waals surface area contributed by atoms with E-state index in [1.165, 1.54) is 12.1 Å². The first-order chi connectivity index (χ1) is 20.5. The van der Waals surface area contributed by atoms with Gasteiger partial charge in [-0.2, -0.15) is 13.2 Å². The molecule has 3 aromatic rings. The summed E-state index contributed by atoms with van der Waals surface area (Å²) in [5.41, 5.74) is 7.41. The van der Waals surface area contributed by atoms with Gasteiger partial charge in [-0.25, -0.2) is 0 Å². The van der Waals surface area contributed by atoms with Crippen molar-refractivity contribution in [3.8, 4) is 0 Å². The number of nitrogens with zero attached hydrogens (tertiary/aromatic N) is 2. The predicted molar refractivity (Wildman–Crippen MR) is 163 cm³/mol. The second-order valence-electron chi connectivity index (χ2n) is 10.1. The number of nitrogen functional groups attached to an aromatic ring is 1. The highest BCUT2D eigenvalue weighted by atomic mass is 35.5. The molecule has 2 amide bonds. The van der Waals surface area contributed by atoms with Gasteiger partial charge in [-0.3, -0.25) is 19.4 Å². The average molecular weight is 616 g/mol. The normalized spacial score (nSPS) is 15.0. The predicted octanol–water partition coefficient (Wildman–Crippen LogP) is 5.54. The zero-order valence-corrected chi connectivity index (χ0v) is 24.3. The molecule has 1 unspecified atom stereocenters. The number of nitrogens with one attached hydrogen (secondary N) is 2. The largest absolute Gasteiger partial charge is 0.417 e. The maximum Gasteiger partial charge on any atom is 0.417 e. The minimum Gasteiger partial charge on any atom is -0.397 e. The lowest BCUT2D eigenvalue weighted by molar-refractivity contribution is -0.137. The summed E-state index contributed by atoms with van der Waals surface area (Å²) in [6.07, 6.45) is -1.58. The van der Waals surface area contributed by atoms with Crippen LogP contribution in [0.2, 0.25) is 5.02 Å². The van der Waals surface area contributed by atoms with Crippen LogP contribution in [0.1, 0.15) is 22.7 Å². The SMILES string of the molecule is CN(CCN1CCOCC1)C(C(=O)Nc1ccc(C(F)(F)F)c(Cl)c1)c1ccc(C=CC(=O)Nc2ccccc2N)cc1. The molecule has 1 atom stereocenters. The summed E-state index contributed by atoms with van der Waals surface area (Å²) in [5.74, 6) is -0.777. The standard InChI is InChI=1S/C31H33ClF3N5O3/c1-39(14-15-40-16-18-43-19-17-40)29(30(42)37-23-11-12-24(25(32)20-23)31(33,34)35)22-9-6-21(7-10-22)8-13-28(41)38-27-5-3-2-4-26(27)36/h2-13,20,29H,14-19,36H2,1H3,(H,37,42)(H,38,41). The Morgan fingerprint density at radius 2 is 1.77 bits per heavy atom. The molecule has 43 heavy (non-hydrogen) atoms. The molecule has 0 aromatic heterocycles. The molecule has 0 spiro atoms. The Morgan fingerprint density at radius 1 is 1.07 bits per heavy atom. The van der Waals surface area contributed by atoms with Crippen molar-refractivity contribution in [1.29, 1.82) is 0 Å². The van der Waals surface area contributed by atoms with Gasteiger partial charge in [0.15, 0.2) is 0 Å². The van der Waals surface area contributed by atoms with Gasteiger partial charge in [0.1, 0.15) is 6.04 Å². The van der Waals surface area contributed by atoms with Crippen LogP contribution in [0.15, 0.2) is 72.8 Å². The average Bonchev–Trinajstić information content (AvgIpc) is 2.97. The van der Waals surface area contributed by atoms with E-state index >= 15 is 0 Å². The van der Waals surface area contributed by atoms with Crippen LogP contribution in [0.25, 0.3) is 6.08 Å². The van der Waals surface area contributed by atoms with Crippen LogP contribution in [-0.2, 0) is 20.5 Å². The number of rotatable bonds is 10. The van der Waals surface area contributed by atoms with Crippen molar-refractivity contribution in [3.63, 3.8) is 0 Å². The first kappa shape index (κ1) is 32.0. The summed E-state index contributed by atoms with van der Waals surface area (Å²) in [4.78, 5) is 30.1. The van der Waals surface area contributed by atoms with Gasteiger partial charge in [-0.05, 0) is 54.6 Å². The molecule has 4 rings (SSSR count). The number of anilines is 3. The molecule has 12 heteroatoms. The molecule has 1 aliphatic heterocycles. The molecule has 4 N–H and O–H groups in total. The summed E-state index contributed by atoms with van der Waals surface area (Å²) in [6.45, 7) is 4.14. The molecule has 0 saturated carbocycles. The Hall–Kier alpha value is -3.90. The molecule has 1 saturated heterocycles. The number of likely N-dealkylation sites (N-methyl/N-ethyl adjacent to an activating group) is 1. The third kappa shape index (κ3) is 9.04. The molecule has 0 radical (unpaired) electrons. The molecule has 0 aliphatic carbocycles. The highest BCUT2D eigenvalue weighted by Gasteiger charge is 2.33. The summed E-state index contributed by atoms with van der Waals surface area (Å²) in [6, 6.07) is 16.4. The van der Waals surface area contributed by atoms with Crippen molar-refractivity contribution < 1.29 is 27.5 Å². The number of carbonyl (C=O) groups is 2. The van der Waals surface area contributed by atoms with Gasteiger partial charge in [-0.1, -0.05) is 48.0 Å². The number of morpholine rings is 1. The zero-order chi connectivity index (χ0) is 31.0. The molecule has 1 aliphatic rings. The lowest BCUT2D eigenvalue weighted by Gasteiger charge is -2.32. The fraction of sp³-hybridized carbons (Fsp3) is 0.290. The zero-order valence-electron chi connectivity index (χ0n) is 23.5. The van der Waals surface area contributed by atoms with E-state index in [4.69, 9.17) is 22.1 Å². The van der Waals surface area contributed by atoms with Crippen molar-refractivity contribution >= 4 is 46.6 Å². The van der Waals surface area contributed by atoms with Gasteiger partial charge in [0.25, 0.3) is 0 Å². The van der Waals surface area contributed by atoms with Crippen molar-refractivity contribution in [2.45, 2.75) is 12.2 Å². The van der Waals surface area contributed by atoms with Crippen molar-refractivity contribution in [2.75, 3.05) is 62.8 Å². The van der Waals surface area contributed by atoms with E-state index in [1.807, 2.05) is 11.9 Å². The van der Waals surface area contributed by atoms with E-state index in [1.54, 1.807) is 54.6 Å². The smallest absolute Gasteiger partial charge is 0.397 e. The second-order valence-corrected chi connectivity index (χ2v) is 10.5. The summed E-state index contributed by atoms with van der Waals surface area (Å²) >= 11 is 5.88. The maximum absolute atomic E-state index is 13.6. The van der Waals surface area contributed by atoms with Crippen LogP contribution >= 0.6 is 11.6 Å². The number of para-hydroxylation sites is 2. The summed E-state index contributed by atoms with van der Waals surface area (Å²) in [7, 11) is 1.82. The van der Waals surface area contributed by atoms with Crippen LogP contribution < -0.4 is 16.4 Å². The highest BCUT2D eigenvalue weighted by molar-refractivity contribution is 6.31. The molecule has 1 heterocycles. The number of hydrogen-bond donors (Lipinski definition) is 3. The minimum atomic E-state index is -4.60. The van der Waals surface area contributed by atoms with Crippen LogP contribution in [0.5, 0.6) is 0 Å². The summed E-state index contributed by atoms with van der Waals surface area (Å²) < 4.78 is 44.9. The third-order valence-corrected chi connectivity index (χ3v) is 7.31. The van der Waals surface area contributed by atoms with E-state index in [0.29, 0.717) is 43.2 Å². The van der Waals surface area contributed by atoms with Gasteiger partial charge in [0.2, 0.25) is 11.8 Å². The molecule has 3 aromatic carbocycles. The number of halogens is 4. The van der Waals surface area contributed by atoms with Crippen molar-refractivity contribution in [2.24, 2.45) is 0 Å². The molecular weight excluding hydrogens is 583 g/mol. The lowest BCUT2D eigenvalue weighted by atomic mass is 10.0. The second kappa shape index (κ2) is 14.5. The van der Waals surface area contributed by atoms with Gasteiger partial charge < -0.3 is 21.1 Å². The van der Waals surface area contributed by atoms with E-state index in [0.717, 1.165) is 30.8 Å². The molecule has 0 bridgehead atoms. The lowest BCUT2D eigenvalue weighted by Crippen LogP contribution is -2.43. The fourth-order valence-electron chi connectivity index (χ4n) is 4.64. The fourth-order valence-corrected chi connectivity index (χ4v) is 4.93. The monoisotopic (exact) mass is 615 g/mol. The number of carbonyl (C=O) groups excluding carboxylic acids is 2. The van der Waals surface area contributed by atoms with Gasteiger partial charge >= 0.3 is 6.18 Å². The Labute approximate surface area is 253 Å². The van der Waals surface area contributed by atoms with Gasteiger partial charge in [0, 0.05) is 37.9 Å². The first-order valence-corrected chi connectivity index (χ1v) is 14.0. The Kier molecular flexibility index (Phi) is 10.8. The highest BCUT2D eigenvalue weighted by Crippen LogP contribution is 2.36. The third-order valence-electron chi connectivity index (χ3n) is 7.00. The van der Waals surface area contributed by atoms with Gasteiger partial charge in [0.05, 0.1) is 35.2 Å². The molecule has 228 valence electrons. The van der Waals surface area contributed by atoms with E-state index in [2.05, 4.69) is 15.5 Å². The Morgan fingerprint density at radius 3 is 2.42 bits per heavy atom. The number of amides is 2. The maximum atomic E-state index is 13.6. The van der Waals surface area contributed by atoms with E-state index < -0.39 is 28.7 Å². The Bertz CT molecular complexity index is 1440. The molecular formula is C31H33ClF3N5O3. The Balaban J connectivity index is 1.49. The number of nitrogens with two attached hydrogens (primary N) is 1. The van der Waals surface area contributed by atoms with Crippen molar-refractivity contribution in [1.82, 2.24) is 9.80 Å². The quantitative estimate of drug-likeness (QED) is 0.205. The number of alkyl halides is 3. The topological polar surface area (TPSA) is 99.9 Å². The molecule has 8 nitrogen and oxygen atoms in total. The van der Waals surface area contributed by atoms with Crippen LogP contribution in [0, 0.1) is 0 Å². The number of benzene rings is 3. The van der Waals surface area contributed by atoms with E-state index in [9.17, 15) is 22.8 Å². The molecule has 1 fully saturated rings. The number of hydrogen-bond acceptors (Lipinski definition) is 6. The first-order valence-electron chi connectivity index (χ1n) is 13.6. The van der Waals surface area contributed by atoms with Gasteiger partial charge in [-0.15, -0.1) is 0 Å². The van der Waals surface area contributed by atoms with Crippen LogP contribution in [-0.4, -0.2) is 68.1 Å². The van der Waals surface area contributed by atoms with Crippen LogP contribution in [0.4, 0.5) is 30.2 Å². The number of ether oxygens (including phenoxy) is 1. The minimum absolute atomic E-state index is 0.152. The van der Waals surface area contributed by atoms with Crippen LogP contribution in [0.3, 0.4) is 0 Å². The summed E-state index contributed by atoms with van der Waals surface area (Å²) in [5, 5.41) is 4.94. The van der Waals surface area contributed by atoms with Crippen molar-refractivity contribution in [3.05, 3.63) is 94.5 Å².